The minimum atomic E-state index is -0.598. The molecule has 2 N–H and O–H groups in total. The SMILES string of the molecule is Cc1ccc(NCc2cccc(F)c2O)cc1Br. The third kappa shape index (κ3) is 2.82. The Morgan fingerprint density at radius 2 is 2.06 bits per heavy atom. The molecular formula is C14H13BrFNO. The number of hydrogen-bond acceptors (Lipinski definition) is 2. The molecule has 0 aliphatic carbocycles. The molecule has 0 amide bonds. The monoisotopic (exact) mass is 309 g/mol. The van der Waals surface area contributed by atoms with Crippen molar-refractivity contribution in [3.05, 3.63) is 57.8 Å². The van der Waals surface area contributed by atoms with Crippen LogP contribution in [0.4, 0.5) is 10.1 Å². The zero-order valence-electron chi connectivity index (χ0n) is 9.87. The number of benzene rings is 2. The first-order valence-electron chi connectivity index (χ1n) is 5.54. The highest BCUT2D eigenvalue weighted by atomic mass is 79.9. The van der Waals surface area contributed by atoms with Crippen LogP contribution in [0.5, 0.6) is 5.75 Å². The molecule has 0 atom stereocenters. The van der Waals surface area contributed by atoms with E-state index in [2.05, 4.69) is 21.2 Å². The Labute approximate surface area is 114 Å². The summed E-state index contributed by atoms with van der Waals surface area (Å²) >= 11 is 3.45. The molecule has 2 aromatic carbocycles. The second kappa shape index (κ2) is 5.40. The van der Waals surface area contributed by atoms with Crippen LogP contribution in [0.25, 0.3) is 0 Å². The van der Waals surface area contributed by atoms with Gasteiger partial charge in [0.05, 0.1) is 0 Å². The van der Waals surface area contributed by atoms with Gasteiger partial charge in [-0.25, -0.2) is 4.39 Å². The lowest BCUT2D eigenvalue weighted by Gasteiger charge is -2.09. The van der Waals surface area contributed by atoms with Gasteiger partial charge in [0.15, 0.2) is 11.6 Å². The van der Waals surface area contributed by atoms with Gasteiger partial charge in [-0.05, 0) is 30.7 Å². The van der Waals surface area contributed by atoms with E-state index in [-0.39, 0.29) is 5.75 Å². The van der Waals surface area contributed by atoms with Gasteiger partial charge in [0.1, 0.15) is 0 Å². The third-order valence-corrected chi connectivity index (χ3v) is 3.58. The molecule has 0 saturated carbocycles. The van der Waals surface area contributed by atoms with Crippen LogP contribution in [0.15, 0.2) is 40.9 Å². The van der Waals surface area contributed by atoms with Gasteiger partial charge in [-0.2, -0.15) is 0 Å². The van der Waals surface area contributed by atoms with E-state index in [1.54, 1.807) is 12.1 Å². The first kappa shape index (κ1) is 12.9. The van der Waals surface area contributed by atoms with Crippen molar-refractivity contribution in [2.75, 3.05) is 5.32 Å². The molecule has 94 valence electrons. The van der Waals surface area contributed by atoms with Crippen molar-refractivity contribution in [3.8, 4) is 5.75 Å². The Balaban J connectivity index is 2.11. The lowest BCUT2D eigenvalue weighted by molar-refractivity contribution is 0.427. The summed E-state index contributed by atoms with van der Waals surface area (Å²) < 4.78 is 14.1. The smallest absolute Gasteiger partial charge is 0.165 e. The number of nitrogens with one attached hydrogen (secondary N) is 1. The van der Waals surface area contributed by atoms with Crippen molar-refractivity contribution in [1.82, 2.24) is 0 Å². The summed E-state index contributed by atoms with van der Waals surface area (Å²) in [5.74, 6) is -0.893. The molecule has 18 heavy (non-hydrogen) atoms. The zero-order chi connectivity index (χ0) is 13.1. The minimum absolute atomic E-state index is 0.295. The first-order chi connectivity index (χ1) is 8.58. The van der Waals surface area contributed by atoms with Gasteiger partial charge in [-0.3, -0.25) is 0 Å². The van der Waals surface area contributed by atoms with Gasteiger partial charge in [-0.1, -0.05) is 34.1 Å². The molecule has 0 saturated heterocycles. The molecule has 0 heterocycles. The predicted molar refractivity (Wildman–Crippen MR) is 74.3 cm³/mol. The van der Waals surface area contributed by atoms with E-state index in [4.69, 9.17) is 0 Å². The minimum Gasteiger partial charge on any atom is -0.505 e. The van der Waals surface area contributed by atoms with Crippen molar-refractivity contribution in [3.63, 3.8) is 0 Å². The summed E-state index contributed by atoms with van der Waals surface area (Å²) in [4.78, 5) is 0. The van der Waals surface area contributed by atoms with Crippen molar-refractivity contribution in [2.24, 2.45) is 0 Å². The molecule has 2 aromatic rings. The normalized spacial score (nSPS) is 10.4. The van der Waals surface area contributed by atoms with Crippen molar-refractivity contribution in [2.45, 2.75) is 13.5 Å². The van der Waals surface area contributed by atoms with E-state index in [0.717, 1.165) is 15.7 Å². The standard InChI is InChI=1S/C14H13BrFNO/c1-9-5-6-11(7-12(9)15)17-8-10-3-2-4-13(16)14(10)18/h2-7,17-18H,8H2,1H3. The fraction of sp³-hybridized carbons (Fsp3) is 0.143. The van der Waals surface area contributed by atoms with E-state index in [0.29, 0.717) is 12.1 Å². The van der Waals surface area contributed by atoms with Gasteiger partial charge < -0.3 is 10.4 Å². The second-order valence-electron chi connectivity index (χ2n) is 4.07. The highest BCUT2D eigenvalue weighted by Gasteiger charge is 2.06. The summed E-state index contributed by atoms with van der Waals surface area (Å²) in [5.41, 5.74) is 2.59. The number of hydrogen-bond donors (Lipinski definition) is 2. The molecule has 0 bridgehead atoms. The van der Waals surface area contributed by atoms with E-state index in [9.17, 15) is 9.50 Å². The number of phenols is 1. The lowest BCUT2D eigenvalue weighted by atomic mass is 10.2. The summed E-state index contributed by atoms with van der Waals surface area (Å²) in [6, 6.07) is 10.4. The Bertz CT molecular complexity index is 572. The number of rotatable bonds is 3. The van der Waals surface area contributed by atoms with Crippen LogP contribution in [-0.4, -0.2) is 5.11 Å². The van der Waals surface area contributed by atoms with Crippen molar-refractivity contribution < 1.29 is 9.50 Å². The number of aryl methyl sites for hydroxylation is 1. The van der Waals surface area contributed by atoms with E-state index < -0.39 is 5.82 Å². The van der Waals surface area contributed by atoms with Gasteiger partial charge >= 0.3 is 0 Å². The molecular weight excluding hydrogens is 297 g/mol. The average molecular weight is 310 g/mol. The molecule has 2 rings (SSSR count). The van der Waals surface area contributed by atoms with Crippen LogP contribution in [0, 0.1) is 12.7 Å². The van der Waals surface area contributed by atoms with E-state index in [1.165, 1.54) is 6.07 Å². The van der Waals surface area contributed by atoms with E-state index in [1.807, 2.05) is 25.1 Å². The fourth-order valence-electron chi connectivity index (χ4n) is 1.60. The topological polar surface area (TPSA) is 32.3 Å². The molecule has 2 nitrogen and oxygen atoms in total. The van der Waals surface area contributed by atoms with Crippen LogP contribution < -0.4 is 5.32 Å². The Morgan fingerprint density at radius 3 is 2.78 bits per heavy atom. The highest BCUT2D eigenvalue weighted by Crippen LogP contribution is 2.24. The number of para-hydroxylation sites is 1. The molecule has 0 aliphatic heterocycles. The first-order valence-corrected chi connectivity index (χ1v) is 6.33. The summed E-state index contributed by atoms with van der Waals surface area (Å²) in [5, 5.41) is 12.7. The van der Waals surface area contributed by atoms with Crippen LogP contribution in [0.3, 0.4) is 0 Å². The van der Waals surface area contributed by atoms with Gasteiger partial charge in [0.25, 0.3) is 0 Å². The molecule has 0 unspecified atom stereocenters. The van der Waals surface area contributed by atoms with Crippen LogP contribution >= 0.6 is 15.9 Å². The fourth-order valence-corrected chi connectivity index (χ4v) is 1.98. The van der Waals surface area contributed by atoms with Crippen molar-refractivity contribution in [1.29, 1.82) is 0 Å². The number of halogens is 2. The van der Waals surface area contributed by atoms with Gasteiger partial charge in [-0.15, -0.1) is 0 Å². The molecule has 0 aliphatic rings. The Hall–Kier alpha value is -1.55. The maximum atomic E-state index is 13.1. The third-order valence-electron chi connectivity index (χ3n) is 2.73. The second-order valence-corrected chi connectivity index (χ2v) is 4.92. The van der Waals surface area contributed by atoms with E-state index >= 15 is 0 Å². The van der Waals surface area contributed by atoms with Crippen LogP contribution in [0.2, 0.25) is 0 Å². The number of anilines is 1. The predicted octanol–water partition coefficient (Wildman–Crippen LogP) is 4.21. The summed E-state index contributed by atoms with van der Waals surface area (Å²) in [6.45, 7) is 2.38. The molecule has 4 heteroatoms. The highest BCUT2D eigenvalue weighted by molar-refractivity contribution is 9.10. The quantitative estimate of drug-likeness (QED) is 0.890. The summed E-state index contributed by atoms with van der Waals surface area (Å²) in [6.07, 6.45) is 0. The maximum absolute atomic E-state index is 13.1. The number of aromatic hydroxyl groups is 1. The molecule has 0 aromatic heterocycles. The van der Waals surface area contributed by atoms with Gasteiger partial charge in [0, 0.05) is 22.3 Å². The number of phenolic OH excluding ortho intramolecular Hbond substituents is 1. The molecule has 0 radical (unpaired) electrons. The van der Waals surface area contributed by atoms with Crippen LogP contribution in [0.1, 0.15) is 11.1 Å². The largest absolute Gasteiger partial charge is 0.505 e. The van der Waals surface area contributed by atoms with Crippen molar-refractivity contribution >= 4 is 21.6 Å². The lowest BCUT2D eigenvalue weighted by Crippen LogP contribution is -2.00. The molecule has 0 spiro atoms. The molecule has 0 fully saturated rings. The Kier molecular flexibility index (Phi) is 3.87. The Morgan fingerprint density at radius 1 is 1.28 bits per heavy atom. The summed E-state index contributed by atoms with van der Waals surface area (Å²) in [7, 11) is 0. The van der Waals surface area contributed by atoms with Gasteiger partial charge in [0.2, 0.25) is 0 Å². The zero-order valence-corrected chi connectivity index (χ0v) is 11.5. The maximum Gasteiger partial charge on any atom is 0.165 e. The van der Waals surface area contributed by atoms with Crippen LogP contribution in [-0.2, 0) is 6.54 Å². The average Bonchev–Trinajstić information content (AvgIpc) is 2.35.